The summed E-state index contributed by atoms with van der Waals surface area (Å²) in [5, 5.41) is 3.55. The first-order valence-corrected chi connectivity index (χ1v) is 5.83. The Labute approximate surface area is 113 Å². The molecule has 92 valence electrons. The first-order valence-electron chi connectivity index (χ1n) is 5.07. The van der Waals surface area contributed by atoms with E-state index in [4.69, 9.17) is 32.7 Å². The standard InChI is InChI=1S/C11H7Cl2N3O2/c12-7-4-14-11(13)16-10(7)15-6-1-2-8-9(3-6)18-5-17-8/h1-4H,5H2,(H,14,15,16). The van der Waals surface area contributed by atoms with Gasteiger partial charge in [0.05, 0.1) is 6.20 Å². The van der Waals surface area contributed by atoms with Gasteiger partial charge in [-0.2, -0.15) is 4.98 Å². The van der Waals surface area contributed by atoms with Crippen LogP contribution in [0, 0.1) is 0 Å². The smallest absolute Gasteiger partial charge is 0.231 e. The van der Waals surface area contributed by atoms with Crippen molar-refractivity contribution in [3.63, 3.8) is 0 Å². The summed E-state index contributed by atoms with van der Waals surface area (Å²) in [6, 6.07) is 5.44. The molecule has 5 nitrogen and oxygen atoms in total. The molecule has 0 bridgehead atoms. The molecule has 1 aliphatic heterocycles. The lowest BCUT2D eigenvalue weighted by molar-refractivity contribution is 0.174. The largest absolute Gasteiger partial charge is 0.454 e. The number of halogens is 2. The Bertz CT molecular complexity index is 607. The van der Waals surface area contributed by atoms with E-state index in [-0.39, 0.29) is 12.1 Å². The van der Waals surface area contributed by atoms with Gasteiger partial charge in [-0.15, -0.1) is 0 Å². The van der Waals surface area contributed by atoms with Gasteiger partial charge in [0.2, 0.25) is 12.1 Å². The Morgan fingerprint density at radius 1 is 1.17 bits per heavy atom. The third kappa shape index (κ3) is 2.14. The fraction of sp³-hybridized carbons (Fsp3) is 0.0909. The van der Waals surface area contributed by atoms with Crippen molar-refractivity contribution < 1.29 is 9.47 Å². The highest BCUT2D eigenvalue weighted by atomic mass is 35.5. The molecule has 18 heavy (non-hydrogen) atoms. The lowest BCUT2D eigenvalue weighted by atomic mass is 10.3. The zero-order chi connectivity index (χ0) is 12.5. The lowest BCUT2D eigenvalue weighted by Gasteiger charge is -2.07. The van der Waals surface area contributed by atoms with Crippen molar-refractivity contribution in [2.45, 2.75) is 0 Å². The normalized spacial score (nSPS) is 12.6. The van der Waals surface area contributed by atoms with Crippen molar-refractivity contribution >= 4 is 34.7 Å². The van der Waals surface area contributed by atoms with Gasteiger partial charge in [0.15, 0.2) is 17.3 Å². The summed E-state index contributed by atoms with van der Waals surface area (Å²) < 4.78 is 10.5. The van der Waals surface area contributed by atoms with Crippen LogP contribution in [0.1, 0.15) is 0 Å². The summed E-state index contributed by atoms with van der Waals surface area (Å²) in [5.74, 6) is 1.83. The maximum atomic E-state index is 5.96. The van der Waals surface area contributed by atoms with Crippen LogP contribution in [-0.4, -0.2) is 16.8 Å². The quantitative estimate of drug-likeness (QED) is 0.858. The minimum Gasteiger partial charge on any atom is -0.454 e. The zero-order valence-electron chi connectivity index (χ0n) is 8.98. The molecule has 7 heteroatoms. The van der Waals surface area contributed by atoms with Gasteiger partial charge in [-0.3, -0.25) is 0 Å². The topological polar surface area (TPSA) is 56.3 Å². The molecule has 1 aromatic carbocycles. The van der Waals surface area contributed by atoms with Gasteiger partial charge < -0.3 is 14.8 Å². The Balaban J connectivity index is 1.90. The van der Waals surface area contributed by atoms with E-state index in [0.29, 0.717) is 22.3 Å². The molecule has 1 aromatic heterocycles. The van der Waals surface area contributed by atoms with E-state index in [9.17, 15) is 0 Å². The predicted octanol–water partition coefficient (Wildman–Crippen LogP) is 3.26. The van der Waals surface area contributed by atoms with Crippen LogP contribution in [-0.2, 0) is 0 Å². The number of nitrogens with zero attached hydrogens (tertiary/aromatic N) is 2. The highest BCUT2D eigenvalue weighted by Gasteiger charge is 2.14. The Morgan fingerprint density at radius 2 is 2.00 bits per heavy atom. The molecule has 0 radical (unpaired) electrons. The summed E-state index contributed by atoms with van der Waals surface area (Å²) in [4.78, 5) is 7.78. The van der Waals surface area contributed by atoms with E-state index in [1.165, 1.54) is 6.20 Å². The Morgan fingerprint density at radius 3 is 2.89 bits per heavy atom. The number of aromatic nitrogens is 2. The van der Waals surface area contributed by atoms with Crippen LogP contribution in [0.25, 0.3) is 0 Å². The Kier molecular flexibility index (Phi) is 2.85. The maximum absolute atomic E-state index is 5.96. The van der Waals surface area contributed by atoms with Gasteiger partial charge in [-0.25, -0.2) is 4.98 Å². The first kappa shape index (κ1) is 11.4. The number of benzene rings is 1. The van der Waals surface area contributed by atoms with E-state index < -0.39 is 0 Å². The minimum atomic E-state index is 0.127. The molecule has 2 aromatic rings. The SMILES string of the molecule is Clc1ncc(Cl)c(Nc2ccc3c(c2)OCO3)n1. The fourth-order valence-electron chi connectivity index (χ4n) is 1.54. The van der Waals surface area contributed by atoms with Crippen LogP contribution in [0.15, 0.2) is 24.4 Å². The van der Waals surface area contributed by atoms with Gasteiger partial charge >= 0.3 is 0 Å². The number of anilines is 2. The molecule has 0 amide bonds. The van der Waals surface area contributed by atoms with E-state index in [0.717, 1.165) is 5.69 Å². The van der Waals surface area contributed by atoms with E-state index in [1.807, 2.05) is 6.07 Å². The number of hydrogen-bond donors (Lipinski definition) is 1. The van der Waals surface area contributed by atoms with Gasteiger partial charge in [0.25, 0.3) is 0 Å². The molecule has 0 aliphatic carbocycles. The van der Waals surface area contributed by atoms with Crippen LogP contribution >= 0.6 is 23.2 Å². The summed E-state index contributed by atoms with van der Waals surface area (Å²) >= 11 is 11.7. The second-order valence-corrected chi connectivity index (χ2v) is 4.27. The summed E-state index contributed by atoms with van der Waals surface area (Å²) in [6.45, 7) is 0.235. The van der Waals surface area contributed by atoms with Crippen molar-refractivity contribution in [1.29, 1.82) is 0 Å². The second kappa shape index (κ2) is 4.51. The number of nitrogens with one attached hydrogen (secondary N) is 1. The molecular weight excluding hydrogens is 277 g/mol. The van der Waals surface area contributed by atoms with Crippen LogP contribution < -0.4 is 14.8 Å². The molecule has 0 saturated carbocycles. The number of hydrogen-bond acceptors (Lipinski definition) is 5. The molecule has 0 fully saturated rings. The number of ether oxygens (including phenoxy) is 2. The second-order valence-electron chi connectivity index (χ2n) is 3.53. The van der Waals surface area contributed by atoms with Crippen molar-refractivity contribution in [3.8, 4) is 11.5 Å². The number of fused-ring (bicyclic) bond motifs is 1. The maximum Gasteiger partial charge on any atom is 0.231 e. The zero-order valence-corrected chi connectivity index (χ0v) is 10.5. The van der Waals surface area contributed by atoms with Gasteiger partial charge in [0, 0.05) is 11.8 Å². The molecule has 1 aliphatic rings. The van der Waals surface area contributed by atoms with Crippen molar-refractivity contribution in [3.05, 3.63) is 34.7 Å². The molecular formula is C11H7Cl2N3O2. The van der Waals surface area contributed by atoms with Gasteiger partial charge in [0.1, 0.15) is 5.02 Å². The Hall–Kier alpha value is -1.72. The summed E-state index contributed by atoms with van der Waals surface area (Å²) in [7, 11) is 0. The highest BCUT2D eigenvalue weighted by Crippen LogP contribution is 2.35. The van der Waals surface area contributed by atoms with Crippen molar-refractivity contribution in [2.75, 3.05) is 12.1 Å². The molecule has 0 atom stereocenters. The third-order valence-electron chi connectivity index (χ3n) is 2.35. The summed E-state index contributed by atoms with van der Waals surface area (Å²) in [6.07, 6.45) is 1.44. The summed E-state index contributed by atoms with van der Waals surface area (Å²) in [5.41, 5.74) is 0.774. The van der Waals surface area contributed by atoms with Crippen molar-refractivity contribution in [2.24, 2.45) is 0 Å². The predicted molar refractivity (Wildman–Crippen MR) is 67.9 cm³/mol. The molecule has 1 N–H and O–H groups in total. The first-order chi connectivity index (χ1) is 8.72. The van der Waals surface area contributed by atoms with Gasteiger partial charge in [-0.05, 0) is 23.7 Å². The molecule has 2 heterocycles. The average molecular weight is 284 g/mol. The lowest BCUT2D eigenvalue weighted by Crippen LogP contribution is -1.96. The van der Waals surface area contributed by atoms with E-state index in [2.05, 4.69) is 15.3 Å². The van der Waals surface area contributed by atoms with Crippen LogP contribution in [0.3, 0.4) is 0 Å². The molecule has 0 unspecified atom stereocenters. The van der Waals surface area contributed by atoms with E-state index in [1.54, 1.807) is 12.1 Å². The highest BCUT2D eigenvalue weighted by molar-refractivity contribution is 6.33. The minimum absolute atomic E-state index is 0.127. The molecule has 3 rings (SSSR count). The average Bonchev–Trinajstić information content (AvgIpc) is 2.81. The molecule has 0 saturated heterocycles. The monoisotopic (exact) mass is 283 g/mol. The number of rotatable bonds is 2. The van der Waals surface area contributed by atoms with Crippen LogP contribution in [0.4, 0.5) is 11.5 Å². The van der Waals surface area contributed by atoms with Gasteiger partial charge in [-0.1, -0.05) is 11.6 Å². The van der Waals surface area contributed by atoms with Crippen LogP contribution in [0.5, 0.6) is 11.5 Å². The van der Waals surface area contributed by atoms with Crippen molar-refractivity contribution in [1.82, 2.24) is 9.97 Å². The third-order valence-corrected chi connectivity index (χ3v) is 2.81. The van der Waals surface area contributed by atoms with Crippen LogP contribution in [0.2, 0.25) is 10.3 Å². The van der Waals surface area contributed by atoms with E-state index >= 15 is 0 Å². The fourth-order valence-corrected chi connectivity index (χ4v) is 1.82. The molecule has 0 spiro atoms.